The highest BCUT2D eigenvalue weighted by Gasteiger charge is 2.98. The molecule has 5 unspecified atom stereocenters. The lowest BCUT2D eigenvalue weighted by Crippen LogP contribution is -2.24. The van der Waals surface area contributed by atoms with Gasteiger partial charge in [0, 0.05) is 5.41 Å². The second-order valence-corrected chi connectivity index (χ2v) is 8.83. The van der Waals surface area contributed by atoms with Gasteiger partial charge in [-0.25, -0.2) is 0 Å². The fourth-order valence-electron chi connectivity index (χ4n) is 5.88. The Morgan fingerprint density at radius 2 is 1.67 bits per heavy atom. The molecule has 122 valence electrons. The van der Waals surface area contributed by atoms with Crippen LogP contribution in [0.1, 0.15) is 87.0 Å². The monoisotopic (exact) mass is 290 g/mol. The predicted octanol–water partition coefficient (Wildman–Crippen LogP) is 6.86. The molecule has 2 fully saturated rings. The number of unbranched alkanes of at least 4 members (excludes halogenated alkanes) is 1. The van der Waals surface area contributed by atoms with Gasteiger partial charge in [0.25, 0.3) is 0 Å². The fourth-order valence-corrected chi connectivity index (χ4v) is 5.88. The summed E-state index contributed by atoms with van der Waals surface area (Å²) in [7, 11) is 0. The summed E-state index contributed by atoms with van der Waals surface area (Å²) in [5.74, 6) is 2.70. The van der Waals surface area contributed by atoms with E-state index in [0.29, 0.717) is 16.2 Å². The molecule has 0 aromatic carbocycles. The summed E-state index contributed by atoms with van der Waals surface area (Å²) >= 11 is 0. The molecule has 5 atom stereocenters. The summed E-state index contributed by atoms with van der Waals surface area (Å²) in [6, 6.07) is 0. The van der Waals surface area contributed by atoms with E-state index < -0.39 is 0 Å². The first-order valence-electron chi connectivity index (χ1n) is 9.48. The van der Waals surface area contributed by atoms with Crippen LogP contribution in [0.25, 0.3) is 0 Å². The predicted molar refractivity (Wildman–Crippen MR) is 94.3 cm³/mol. The summed E-state index contributed by atoms with van der Waals surface area (Å²) in [5, 5.41) is 0. The van der Waals surface area contributed by atoms with Crippen molar-refractivity contribution in [2.75, 3.05) is 0 Å². The summed E-state index contributed by atoms with van der Waals surface area (Å²) in [6.45, 7) is 17.1. The Morgan fingerprint density at radius 3 is 2.19 bits per heavy atom. The fraction of sp³-hybridized carbons (Fsp3) is 0.905. The van der Waals surface area contributed by atoms with Gasteiger partial charge < -0.3 is 0 Å². The average molecular weight is 291 g/mol. The first-order valence-corrected chi connectivity index (χ1v) is 9.48. The normalized spacial score (nSPS) is 39.1. The molecule has 0 N–H and O–H groups in total. The molecule has 0 aliphatic heterocycles. The minimum atomic E-state index is 0.537. The van der Waals surface area contributed by atoms with Crippen molar-refractivity contribution in [2.45, 2.75) is 87.0 Å². The van der Waals surface area contributed by atoms with Crippen molar-refractivity contribution in [2.24, 2.45) is 34.0 Å². The van der Waals surface area contributed by atoms with E-state index in [1.54, 1.807) is 0 Å². The number of allylic oxidation sites excluding steroid dienone is 2. The molecule has 21 heavy (non-hydrogen) atoms. The molecule has 0 nitrogen and oxygen atoms in total. The van der Waals surface area contributed by atoms with Crippen LogP contribution in [0.3, 0.4) is 0 Å². The zero-order valence-electron chi connectivity index (χ0n) is 15.6. The largest absolute Gasteiger partial charge is 0.0877 e. The van der Waals surface area contributed by atoms with Crippen molar-refractivity contribution in [3.8, 4) is 0 Å². The molecule has 0 bridgehead atoms. The summed E-state index contributed by atoms with van der Waals surface area (Å²) in [5.41, 5.74) is 1.67. The molecule has 0 radical (unpaired) electrons. The van der Waals surface area contributed by atoms with Gasteiger partial charge in [0.05, 0.1) is 0 Å². The van der Waals surface area contributed by atoms with E-state index >= 15 is 0 Å². The van der Waals surface area contributed by atoms with Crippen molar-refractivity contribution < 1.29 is 0 Å². The van der Waals surface area contributed by atoms with Crippen LogP contribution in [0, 0.1) is 34.0 Å². The van der Waals surface area contributed by atoms with Crippen LogP contribution in [0.2, 0.25) is 0 Å². The Hall–Kier alpha value is -0.260. The Balaban J connectivity index is 1.97. The molecule has 2 aliphatic rings. The highest BCUT2D eigenvalue weighted by Crippen LogP contribution is 3.01. The number of rotatable bonds is 9. The average Bonchev–Trinajstić information content (AvgIpc) is 3.13. The molecule has 0 aromatic rings. The van der Waals surface area contributed by atoms with Crippen LogP contribution in [0.15, 0.2) is 12.2 Å². The van der Waals surface area contributed by atoms with Gasteiger partial charge >= 0.3 is 0 Å². The van der Waals surface area contributed by atoms with Crippen LogP contribution >= 0.6 is 0 Å². The van der Waals surface area contributed by atoms with Gasteiger partial charge in [-0.2, -0.15) is 0 Å². The quantitative estimate of drug-likeness (QED) is 0.407. The van der Waals surface area contributed by atoms with Crippen molar-refractivity contribution in [1.82, 2.24) is 0 Å². The SMILES string of the molecule is CCCCC(C)C1C2(C)C(C)(C)C12C=CCC(C)CCC. The smallest absolute Gasteiger partial charge is 0.00372 e. The van der Waals surface area contributed by atoms with Gasteiger partial charge in [0.2, 0.25) is 0 Å². The summed E-state index contributed by atoms with van der Waals surface area (Å²) in [4.78, 5) is 0. The van der Waals surface area contributed by atoms with Gasteiger partial charge in [0.1, 0.15) is 0 Å². The Kier molecular flexibility index (Phi) is 4.68. The van der Waals surface area contributed by atoms with E-state index in [1.807, 2.05) is 0 Å². The van der Waals surface area contributed by atoms with Crippen LogP contribution in [-0.4, -0.2) is 0 Å². The van der Waals surface area contributed by atoms with Gasteiger partial charge in [-0.3, -0.25) is 0 Å². The van der Waals surface area contributed by atoms with Crippen LogP contribution in [0.4, 0.5) is 0 Å². The lowest BCUT2D eigenvalue weighted by atomic mass is 9.74. The topological polar surface area (TPSA) is 0 Å². The third-order valence-corrected chi connectivity index (χ3v) is 7.44. The molecule has 0 spiro atoms. The van der Waals surface area contributed by atoms with Crippen LogP contribution in [-0.2, 0) is 0 Å². The number of fused-ring (bicyclic) bond motifs is 1. The molecule has 0 heteroatoms. The molecule has 2 saturated carbocycles. The van der Waals surface area contributed by atoms with E-state index in [2.05, 4.69) is 60.6 Å². The maximum atomic E-state index is 2.65. The Labute approximate surface area is 133 Å². The highest BCUT2D eigenvalue weighted by molar-refractivity contribution is 5.50. The molecular formula is C21H38. The van der Waals surface area contributed by atoms with Gasteiger partial charge in [-0.1, -0.05) is 92.7 Å². The summed E-state index contributed by atoms with van der Waals surface area (Å²) in [6.07, 6.45) is 13.3. The Bertz CT molecular complexity index is 391. The number of hydrogen-bond donors (Lipinski definition) is 0. The third-order valence-electron chi connectivity index (χ3n) is 7.44. The van der Waals surface area contributed by atoms with E-state index in [1.165, 1.54) is 38.5 Å². The molecule has 0 saturated heterocycles. The first kappa shape index (κ1) is 17.1. The van der Waals surface area contributed by atoms with E-state index in [4.69, 9.17) is 0 Å². The van der Waals surface area contributed by atoms with Gasteiger partial charge in [-0.05, 0) is 35.0 Å². The first-order chi connectivity index (χ1) is 9.81. The minimum absolute atomic E-state index is 0.537. The second kappa shape index (κ2) is 5.74. The van der Waals surface area contributed by atoms with Gasteiger partial charge in [-0.15, -0.1) is 0 Å². The zero-order chi connectivity index (χ0) is 15.9. The third kappa shape index (κ3) is 2.23. The van der Waals surface area contributed by atoms with Crippen molar-refractivity contribution in [3.63, 3.8) is 0 Å². The zero-order valence-corrected chi connectivity index (χ0v) is 15.6. The summed E-state index contributed by atoms with van der Waals surface area (Å²) < 4.78 is 0. The molecule has 2 rings (SSSR count). The standard InChI is InChI=1S/C21H38/c1-8-10-14-17(4)18-20(7)19(5,6)21(18,20)15-11-13-16(3)12-9-2/h11,15-18H,8-10,12-14H2,1-7H3. The number of hydrogen-bond acceptors (Lipinski definition) is 0. The molecule has 0 heterocycles. The van der Waals surface area contributed by atoms with E-state index in [0.717, 1.165) is 17.8 Å². The van der Waals surface area contributed by atoms with Crippen molar-refractivity contribution in [1.29, 1.82) is 0 Å². The molecule has 0 amide bonds. The van der Waals surface area contributed by atoms with Crippen molar-refractivity contribution >= 4 is 0 Å². The lowest BCUT2D eigenvalue weighted by Gasteiger charge is -2.30. The maximum Gasteiger partial charge on any atom is 0.00372 e. The van der Waals surface area contributed by atoms with Gasteiger partial charge in [0.15, 0.2) is 0 Å². The maximum absolute atomic E-state index is 2.65. The highest BCUT2D eigenvalue weighted by atomic mass is 15.0. The molecule has 2 aliphatic carbocycles. The lowest BCUT2D eigenvalue weighted by molar-refractivity contribution is 0.196. The Morgan fingerprint density at radius 1 is 1.00 bits per heavy atom. The van der Waals surface area contributed by atoms with E-state index in [-0.39, 0.29) is 0 Å². The second-order valence-electron chi connectivity index (χ2n) is 8.83. The van der Waals surface area contributed by atoms with Crippen LogP contribution in [0.5, 0.6) is 0 Å². The van der Waals surface area contributed by atoms with Crippen molar-refractivity contribution in [3.05, 3.63) is 12.2 Å². The molecule has 0 aromatic heterocycles. The minimum Gasteiger partial charge on any atom is -0.0877 e. The molecular weight excluding hydrogens is 252 g/mol. The van der Waals surface area contributed by atoms with Crippen LogP contribution < -0.4 is 0 Å². The van der Waals surface area contributed by atoms with E-state index in [9.17, 15) is 0 Å².